The van der Waals surface area contributed by atoms with Gasteiger partial charge in [-0.2, -0.15) is 53.3 Å². The van der Waals surface area contributed by atoms with Crippen molar-refractivity contribution in [2.75, 3.05) is 11.9 Å². The van der Waals surface area contributed by atoms with Crippen molar-refractivity contribution >= 4 is 11.4 Å². The second-order valence-electron chi connectivity index (χ2n) is 8.59. The van der Waals surface area contributed by atoms with Gasteiger partial charge in [0.05, 0.1) is 0 Å². The van der Waals surface area contributed by atoms with Crippen molar-refractivity contribution in [3.8, 4) is 27.9 Å². The monoisotopic (exact) mass is 674 g/mol. The van der Waals surface area contributed by atoms with Gasteiger partial charge in [0, 0.05) is 25.1 Å². The zero-order valence-electron chi connectivity index (χ0n) is 21.7. The minimum absolute atomic E-state index is 0. The number of benzene rings is 4. The van der Waals surface area contributed by atoms with E-state index in [-0.39, 0.29) is 20.1 Å². The van der Waals surface area contributed by atoms with E-state index in [2.05, 4.69) is 71.8 Å². The van der Waals surface area contributed by atoms with Crippen molar-refractivity contribution in [1.29, 1.82) is 0 Å². The molecule has 0 aliphatic heterocycles. The molecule has 1 heterocycles. The van der Waals surface area contributed by atoms with Gasteiger partial charge >= 0.3 is 20.1 Å². The Morgan fingerprint density at radius 3 is 1.97 bits per heavy atom. The van der Waals surface area contributed by atoms with Crippen molar-refractivity contribution in [3.05, 3.63) is 145 Å². The van der Waals surface area contributed by atoms with Gasteiger partial charge in [-0.25, -0.2) is 0 Å². The summed E-state index contributed by atoms with van der Waals surface area (Å²) in [6.07, 6.45) is 5.39. The van der Waals surface area contributed by atoms with Crippen LogP contribution in [0.15, 0.2) is 127 Å². The van der Waals surface area contributed by atoms with Gasteiger partial charge in [-0.3, -0.25) is 4.68 Å². The molecule has 0 fully saturated rings. The van der Waals surface area contributed by atoms with Crippen LogP contribution in [-0.4, -0.2) is 22.5 Å². The van der Waals surface area contributed by atoms with E-state index < -0.39 is 0 Å². The molecule has 0 spiro atoms. The number of hydrogen-bond donors (Lipinski definition) is 0. The smallest absolute Gasteiger partial charge is 0.808 e. The Hall–Kier alpha value is -4.05. The first kappa shape index (κ1) is 28.5. The van der Waals surface area contributed by atoms with Gasteiger partial charge in [-0.15, -0.1) is 17.7 Å². The van der Waals surface area contributed by atoms with Gasteiger partial charge < -0.3 is 10.3 Å². The normalized spacial score (nSPS) is 10.6. The molecule has 5 rings (SSSR count). The molecule has 0 radical (unpaired) electrons. The Morgan fingerprint density at radius 1 is 0.789 bits per heavy atom. The van der Waals surface area contributed by atoms with E-state index in [1.165, 1.54) is 16.7 Å². The van der Waals surface area contributed by atoms with Crippen LogP contribution in [0.25, 0.3) is 33.4 Å². The van der Waals surface area contributed by atoms with Gasteiger partial charge in [-0.05, 0) is 29.8 Å². The third kappa shape index (κ3) is 7.72. The van der Waals surface area contributed by atoms with Crippen molar-refractivity contribution in [3.63, 3.8) is 0 Å². The zero-order chi connectivity index (χ0) is 26.0. The van der Waals surface area contributed by atoms with Crippen LogP contribution in [-0.2, 0) is 20.1 Å². The number of hydrogen-bond acceptors (Lipinski definition) is 2. The standard InChI is InChI=1S/C24H22N2.C9H7N2.Ir/c1-18(25)17-19(2)26(3)24-15-13-23(14-16-24)22-11-9-21(10-12-22)20-7-5-4-6-8-20;1-2-5-9(6-3-1)11-8-4-7-10-11;/h4-15,17H,1-3H3;1-5,7-8H;/q-2;-1;+3/b19-17-;;. The molecular weight excluding hydrogens is 645 g/mol. The van der Waals surface area contributed by atoms with E-state index in [9.17, 15) is 5.41 Å². The maximum absolute atomic E-state index is 9.42. The summed E-state index contributed by atoms with van der Waals surface area (Å²) in [5, 5.41) is 13.5. The first-order chi connectivity index (χ1) is 18.0. The van der Waals surface area contributed by atoms with Crippen LogP contribution >= 0.6 is 0 Å². The number of anilines is 1. The summed E-state index contributed by atoms with van der Waals surface area (Å²) >= 11 is 0. The quantitative estimate of drug-likeness (QED) is 0.136. The molecule has 0 aliphatic rings. The Kier molecular flexibility index (Phi) is 10.5. The van der Waals surface area contributed by atoms with Gasteiger partial charge in [0.1, 0.15) is 0 Å². The maximum Gasteiger partial charge on any atom is 3.00 e. The average molecular weight is 674 g/mol. The fourth-order valence-corrected chi connectivity index (χ4v) is 3.82. The molecule has 190 valence electrons. The third-order valence-electron chi connectivity index (χ3n) is 5.87. The van der Waals surface area contributed by atoms with Crippen molar-refractivity contribution in [1.82, 2.24) is 9.78 Å². The van der Waals surface area contributed by atoms with Gasteiger partial charge in [0.2, 0.25) is 0 Å². The van der Waals surface area contributed by atoms with Crippen LogP contribution in [0.3, 0.4) is 0 Å². The van der Waals surface area contributed by atoms with Crippen LogP contribution in [0, 0.1) is 12.1 Å². The molecule has 0 saturated carbocycles. The molecule has 0 atom stereocenters. The van der Waals surface area contributed by atoms with Crippen molar-refractivity contribution in [2.45, 2.75) is 13.8 Å². The first-order valence-corrected chi connectivity index (χ1v) is 12.1. The fourth-order valence-electron chi connectivity index (χ4n) is 3.82. The number of para-hydroxylation sites is 1. The maximum atomic E-state index is 9.42. The number of allylic oxidation sites excluding steroid dienone is 2. The molecule has 5 heteroatoms. The molecule has 38 heavy (non-hydrogen) atoms. The molecular formula is C33H29IrN4. The van der Waals surface area contributed by atoms with E-state index in [0.717, 1.165) is 22.6 Å². The molecule has 0 N–H and O–H groups in total. The van der Waals surface area contributed by atoms with Gasteiger partial charge in [0.15, 0.2) is 0 Å². The molecule has 5 aromatic rings. The average Bonchev–Trinajstić information content (AvgIpc) is 3.49. The second kappa shape index (κ2) is 14.0. The van der Waals surface area contributed by atoms with Crippen LogP contribution in [0.5, 0.6) is 0 Å². The van der Waals surface area contributed by atoms with Crippen LogP contribution < -0.4 is 4.90 Å². The summed E-state index contributed by atoms with van der Waals surface area (Å²) in [6.45, 7) is 3.63. The summed E-state index contributed by atoms with van der Waals surface area (Å²) < 4.78 is 1.78. The summed E-state index contributed by atoms with van der Waals surface area (Å²) in [5.41, 5.74) is 7.93. The van der Waals surface area contributed by atoms with Crippen molar-refractivity contribution in [2.24, 2.45) is 0 Å². The first-order valence-electron chi connectivity index (χ1n) is 12.1. The topological polar surface area (TPSA) is 43.4 Å². The minimum atomic E-state index is 0. The molecule has 1 aromatic heterocycles. The van der Waals surface area contributed by atoms with Gasteiger partial charge in [-0.1, -0.05) is 78.8 Å². The molecule has 0 saturated heterocycles. The molecule has 0 aliphatic carbocycles. The minimum Gasteiger partial charge on any atom is -0.808 e. The van der Waals surface area contributed by atoms with Crippen LogP contribution in [0.1, 0.15) is 13.8 Å². The van der Waals surface area contributed by atoms with E-state index in [4.69, 9.17) is 0 Å². The molecule has 0 amide bonds. The summed E-state index contributed by atoms with van der Waals surface area (Å²) in [4.78, 5) is 2.00. The summed E-state index contributed by atoms with van der Waals surface area (Å²) in [6, 6.07) is 41.2. The van der Waals surface area contributed by atoms with Crippen LogP contribution in [0.2, 0.25) is 0 Å². The predicted octanol–water partition coefficient (Wildman–Crippen LogP) is 7.86. The molecule has 0 unspecified atom stereocenters. The fraction of sp³-hybridized carbons (Fsp3) is 0.0909. The van der Waals surface area contributed by atoms with E-state index >= 15 is 0 Å². The Bertz CT molecular complexity index is 1430. The Labute approximate surface area is 239 Å². The summed E-state index contributed by atoms with van der Waals surface area (Å²) in [5.74, 6) is 0. The van der Waals surface area contributed by atoms with E-state index in [0.29, 0.717) is 5.71 Å². The van der Waals surface area contributed by atoms with Crippen LogP contribution in [0.4, 0.5) is 5.69 Å². The third-order valence-corrected chi connectivity index (χ3v) is 5.87. The SMILES string of the molecule is CC(=[N-])/C=C(/C)N(C)c1[c-]cc(-c2ccc(-c3ccccc3)cc2)cc1.[Ir+3].[c-]1ccccc1-n1cccn1. The zero-order valence-corrected chi connectivity index (χ0v) is 24.1. The molecule has 4 aromatic carbocycles. The van der Waals surface area contributed by atoms with E-state index in [1.54, 1.807) is 23.9 Å². The Morgan fingerprint density at radius 2 is 1.42 bits per heavy atom. The molecule has 4 nitrogen and oxygen atoms in total. The Balaban J connectivity index is 0.000000278. The van der Waals surface area contributed by atoms with Gasteiger partial charge in [0.25, 0.3) is 0 Å². The number of aromatic nitrogens is 2. The largest absolute Gasteiger partial charge is 3.00 e. The van der Waals surface area contributed by atoms with Crippen molar-refractivity contribution < 1.29 is 20.1 Å². The number of rotatable bonds is 6. The summed E-state index contributed by atoms with van der Waals surface area (Å²) in [7, 11) is 1.97. The molecule has 0 bridgehead atoms. The van der Waals surface area contributed by atoms with E-state index in [1.807, 2.05) is 73.6 Å². The number of nitrogens with zero attached hydrogens (tertiary/aromatic N) is 4. The second-order valence-corrected chi connectivity index (χ2v) is 8.59. The predicted molar refractivity (Wildman–Crippen MR) is 155 cm³/mol.